The van der Waals surface area contributed by atoms with Gasteiger partial charge in [-0.1, -0.05) is 66.7 Å². The molecule has 0 unspecified atom stereocenters. The number of aliphatic hydroxyl groups is 1. The van der Waals surface area contributed by atoms with Crippen LogP contribution in [0.4, 0.5) is 4.79 Å². The Hall–Kier alpha value is -3.38. The zero-order chi connectivity index (χ0) is 20.9. The number of amides is 3. The largest absolute Gasteiger partial charge is 0.490 e. The number of fused-ring (bicyclic) bond motifs is 1. The van der Waals surface area contributed by atoms with E-state index in [-0.39, 0.29) is 19.1 Å². The fourth-order valence-electron chi connectivity index (χ4n) is 3.67. The van der Waals surface area contributed by atoms with Crippen molar-refractivity contribution in [3.05, 3.63) is 78.4 Å². The summed E-state index contributed by atoms with van der Waals surface area (Å²) in [6.45, 7) is -0.114. The first-order chi connectivity index (χ1) is 14.6. The smallest absolute Gasteiger partial charge is 0.324 e. The highest BCUT2D eigenvalue weighted by molar-refractivity contribution is 6.04. The molecule has 30 heavy (non-hydrogen) atoms. The van der Waals surface area contributed by atoms with E-state index in [1.165, 1.54) is 0 Å². The Morgan fingerprint density at radius 2 is 1.70 bits per heavy atom. The van der Waals surface area contributed by atoms with Gasteiger partial charge < -0.3 is 15.2 Å². The van der Waals surface area contributed by atoms with E-state index < -0.39 is 18.2 Å². The van der Waals surface area contributed by atoms with Gasteiger partial charge in [-0.2, -0.15) is 0 Å². The van der Waals surface area contributed by atoms with E-state index in [1.807, 2.05) is 72.8 Å². The lowest BCUT2D eigenvalue weighted by molar-refractivity contribution is -0.128. The van der Waals surface area contributed by atoms with Gasteiger partial charge in [0.2, 0.25) is 0 Å². The minimum absolute atomic E-state index is 0.0141. The van der Waals surface area contributed by atoms with Crippen LogP contribution in [0.25, 0.3) is 10.8 Å². The third kappa shape index (κ3) is 4.44. The lowest BCUT2D eigenvalue weighted by Crippen LogP contribution is -2.40. The molecule has 3 amide bonds. The molecule has 1 aliphatic rings. The minimum Gasteiger partial charge on any atom is -0.490 e. The summed E-state index contributed by atoms with van der Waals surface area (Å²) in [5, 5.41) is 15.1. The summed E-state index contributed by atoms with van der Waals surface area (Å²) in [5.41, 5.74) is 1.11. The predicted octanol–water partition coefficient (Wildman–Crippen LogP) is 3.13. The first-order valence-corrected chi connectivity index (χ1v) is 10.1. The van der Waals surface area contributed by atoms with Gasteiger partial charge in [-0.25, -0.2) is 4.79 Å². The van der Waals surface area contributed by atoms with Gasteiger partial charge in [0.1, 0.15) is 24.5 Å². The van der Waals surface area contributed by atoms with Gasteiger partial charge in [-0.15, -0.1) is 0 Å². The normalized spacial score (nSPS) is 17.2. The maximum Gasteiger partial charge on any atom is 0.324 e. The third-order valence-electron chi connectivity index (χ3n) is 5.25. The number of urea groups is 1. The molecular weight excluding hydrogens is 380 g/mol. The fraction of sp³-hybridized carbons (Fsp3) is 0.250. The van der Waals surface area contributed by atoms with Gasteiger partial charge in [0.05, 0.1) is 6.54 Å². The van der Waals surface area contributed by atoms with Gasteiger partial charge >= 0.3 is 6.03 Å². The second-order valence-electron chi connectivity index (χ2n) is 7.42. The topological polar surface area (TPSA) is 78.9 Å². The molecule has 0 aliphatic carbocycles. The standard InChI is InChI=1S/C24H24N2O4/c27-19(16-30-22-12-6-10-18-9-4-5-11-20(18)22)15-26-23(28)21(25-24(26)29)14-13-17-7-2-1-3-8-17/h1-12,19,21,27H,13-16H2,(H,25,29)/t19-,21-/m0/s1. The van der Waals surface area contributed by atoms with Crippen molar-refractivity contribution in [1.82, 2.24) is 10.2 Å². The summed E-state index contributed by atoms with van der Waals surface area (Å²) in [4.78, 5) is 25.9. The van der Waals surface area contributed by atoms with Crippen molar-refractivity contribution < 1.29 is 19.4 Å². The summed E-state index contributed by atoms with van der Waals surface area (Å²) >= 11 is 0. The molecule has 4 rings (SSSR count). The van der Waals surface area contributed by atoms with E-state index in [9.17, 15) is 14.7 Å². The molecule has 1 heterocycles. The van der Waals surface area contributed by atoms with Crippen molar-refractivity contribution >= 4 is 22.7 Å². The van der Waals surface area contributed by atoms with Crippen LogP contribution in [0.2, 0.25) is 0 Å². The number of benzene rings is 3. The van der Waals surface area contributed by atoms with E-state index in [1.54, 1.807) is 0 Å². The van der Waals surface area contributed by atoms with Crippen LogP contribution >= 0.6 is 0 Å². The molecular formula is C24H24N2O4. The highest BCUT2D eigenvalue weighted by Gasteiger charge is 2.38. The molecule has 3 aromatic carbocycles. The van der Waals surface area contributed by atoms with Crippen molar-refractivity contribution in [2.75, 3.05) is 13.2 Å². The second-order valence-corrected chi connectivity index (χ2v) is 7.42. The molecule has 3 aromatic rings. The van der Waals surface area contributed by atoms with Crippen molar-refractivity contribution in [2.45, 2.75) is 25.0 Å². The molecule has 0 spiro atoms. The Morgan fingerprint density at radius 1 is 0.967 bits per heavy atom. The van der Waals surface area contributed by atoms with Crippen LogP contribution in [-0.2, 0) is 11.2 Å². The predicted molar refractivity (Wildman–Crippen MR) is 114 cm³/mol. The zero-order valence-electron chi connectivity index (χ0n) is 16.5. The summed E-state index contributed by atoms with van der Waals surface area (Å²) in [6.07, 6.45) is 0.234. The summed E-state index contributed by atoms with van der Waals surface area (Å²) in [5.74, 6) is 0.352. The molecule has 2 N–H and O–H groups in total. The molecule has 1 saturated heterocycles. The Kier molecular flexibility index (Phi) is 5.95. The first-order valence-electron chi connectivity index (χ1n) is 10.1. The summed E-state index contributed by atoms with van der Waals surface area (Å²) in [6, 6.07) is 22.3. The molecule has 154 valence electrons. The Bertz CT molecular complexity index is 1030. The lowest BCUT2D eigenvalue weighted by Gasteiger charge is -2.18. The molecule has 2 atom stereocenters. The number of carbonyl (C=O) groups is 2. The summed E-state index contributed by atoms with van der Waals surface area (Å²) in [7, 11) is 0. The van der Waals surface area contributed by atoms with Crippen molar-refractivity contribution in [3.8, 4) is 5.75 Å². The van der Waals surface area contributed by atoms with E-state index in [4.69, 9.17) is 4.74 Å². The maximum absolute atomic E-state index is 12.6. The molecule has 1 aliphatic heterocycles. The highest BCUT2D eigenvalue weighted by atomic mass is 16.5. The van der Waals surface area contributed by atoms with Crippen LogP contribution < -0.4 is 10.1 Å². The van der Waals surface area contributed by atoms with Crippen LogP contribution in [0.5, 0.6) is 5.75 Å². The molecule has 0 aromatic heterocycles. The fourth-order valence-corrected chi connectivity index (χ4v) is 3.67. The van der Waals surface area contributed by atoms with Gasteiger partial charge in [0.15, 0.2) is 0 Å². The number of aliphatic hydroxyl groups excluding tert-OH is 1. The van der Waals surface area contributed by atoms with Crippen molar-refractivity contribution in [1.29, 1.82) is 0 Å². The number of nitrogens with zero attached hydrogens (tertiary/aromatic N) is 1. The molecule has 6 heteroatoms. The molecule has 0 bridgehead atoms. The quantitative estimate of drug-likeness (QED) is 0.566. The number of aryl methyl sites for hydroxylation is 1. The maximum atomic E-state index is 12.6. The second kappa shape index (κ2) is 8.97. The molecule has 1 fully saturated rings. The van der Waals surface area contributed by atoms with Crippen LogP contribution in [-0.4, -0.2) is 47.2 Å². The van der Waals surface area contributed by atoms with Crippen molar-refractivity contribution in [2.24, 2.45) is 0 Å². The SMILES string of the molecule is O=C1N[C@@H](CCc2ccccc2)C(=O)N1C[C@H](O)COc1cccc2ccccc12. The zero-order valence-corrected chi connectivity index (χ0v) is 16.5. The summed E-state index contributed by atoms with van der Waals surface area (Å²) < 4.78 is 5.77. The highest BCUT2D eigenvalue weighted by Crippen LogP contribution is 2.25. The van der Waals surface area contributed by atoms with E-state index in [0.29, 0.717) is 18.6 Å². The monoisotopic (exact) mass is 404 g/mol. The Morgan fingerprint density at radius 3 is 2.53 bits per heavy atom. The van der Waals surface area contributed by atoms with Gasteiger partial charge in [-0.05, 0) is 29.9 Å². The lowest BCUT2D eigenvalue weighted by atomic mass is 10.1. The number of rotatable bonds is 8. The number of carbonyl (C=O) groups excluding carboxylic acids is 2. The average Bonchev–Trinajstić information content (AvgIpc) is 3.04. The average molecular weight is 404 g/mol. The van der Waals surface area contributed by atoms with Gasteiger partial charge in [0, 0.05) is 5.39 Å². The number of ether oxygens (including phenoxy) is 1. The van der Waals surface area contributed by atoms with E-state index in [2.05, 4.69) is 5.32 Å². The molecule has 0 saturated carbocycles. The van der Waals surface area contributed by atoms with Crippen LogP contribution in [0.1, 0.15) is 12.0 Å². The van der Waals surface area contributed by atoms with Crippen LogP contribution in [0.15, 0.2) is 72.8 Å². The van der Waals surface area contributed by atoms with Gasteiger partial charge in [-0.3, -0.25) is 9.69 Å². The Balaban J connectivity index is 1.32. The molecule has 0 radical (unpaired) electrons. The van der Waals surface area contributed by atoms with Crippen molar-refractivity contribution in [3.63, 3.8) is 0 Å². The minimum atomic E-state index is -0.980. The van der Waals surface area contributed by atoms with Crippen LogP contribution in [0.3, 0.4) is 0 Å². The molecule has 6 nitrogen and oxygen atoms in total. The Labute approximate surface area is 175 Å². The van der Waals surface area contributed by atoms with E-state index in [0.717, 1.165) is 21.2 Å². The first kappa shape index (κ1) is 19.9. The number of β-amino-alcohol motifs (C(OH)–C–C–N with tert-alkyl or cyclic N) is 1. The number of hydrogen-bond acceptors (Lipinski definition) is 4. The third-order valence-corrected chi connectivity index (χ3v) is 5.25. The number of hydrogen-bond donors (Lipinski definition) is 2. The van der Waals surface area contributed by atoms with E-state index >= 15 is 0 Å². The number of imide groups is 1. The van der Waals surface area contributed by atoms with Gasteiger partial charge in [0.25, 0.3) is 5.91 Å². The number of nitrogens with one attached hydrogen (secondary N) is 1. The van der Waals surface area contributed by atoms with Crippen LogP contribution in [0, 0.1) is 0 Å².